The second kappa shape index (κ2) is 8.33. The van der Waals surface area contributed by atoms with E-state index in [9.17, 15) is 9.59 Å². The Balaban J connectivity index is 1.68. The van der Waals surface area contributed by atoms with E-state index in [1.165, 1.54) is 5.56 Å². The molecule has 1 aromatic rings. The number of fused-ring (bicyclic) bond motifs is 1. The van der Waals surface area contributed by atoms with Crippen LogP contribution in [0.1, 0.15) is 46.1 Å². The van der Waals surface area contributed by atoms with E-state index in [0.717, 1.165) is 32.4 Å². The SMILES string of the molecule is CC(C)CCN1CC2CC3C(=O)NC2(C(=O)NCC(C)C)C1C3Cc1ccccc1. The first-order valence-electron chi connectivity index (χ1n) is 11.7. The van der Waals surface area contributed by atoms with Gasteiger partial charge in [-0.2, -0.15) is 0 Å². The van der Waals surface area contributed by atoms with E-state index in [1.54, 1.807) is 0 Å². The molecule has 1 aliphatic carbocycles. The topological polar surface area (TPSA) is 61.4 Å². The first-order chi connectivity index (χ1) is 14.3. The zero-order chi connectivity index (χ0) is 21.5. The molecule has 0 spiro atoms. The van der Waals surface area contributed by atoms with E-state index in [-0.39, 0.29) is 35.6 Å². The van der Waals surface area contributed by atoms with E-state index in [0.29, 0.717) is 18.4 Å². The van der Waals surface area contributed by atoms with Crippen molar-refractivity contribution >= 4 is 11.8 Å². The zero-order valence-corrected chi connectivity index (χ0v) is 18.9. The van der Waals surface area contributed by atoms with E-state index >= 15 is 0 Å². The second-order valence-corrected chi connectivity index (χ2v) is 10.5. The molecule has 1 saturated carbocycles. The van der Waals surface area contributed by atoms with Crippen LogP contribution in [-0.4, -0.2) is 47.9 Å². The van der Waals surface area contributed by atoms with Crippen molar-refractivity contribution in [3.63, 3.8) is 0 Å². The highest BCUT2D eigenvalue weighted by Gasteiger charge is 2.70. The lowest BCUT2D eigenvalue weighted by Gasteiger charge is -2.55. The maximum absolute atomic E-state index is 13.6. The van der Waals surface area contributed by atoms with Crippen molar-refractivity contribution in [3.8, 4) is 0 Å². The molecular formula is C25H37N3O2. The van der Waals surface area contributed by atoms with Crippen molar-refractivity contribution < 1.29 is 9.59 Å². The van der Waals surface area contributed by atoms with Crippen LogP contribution in [0.25, 0.3) is 0 Å². The first kappa shape index (κ1) is 21.4. The van der Waals surface area contributed by atoms with Crippen LogP contribution in [0.4, 0.5) is 0 Å². The van der Waals surface area contributed by atoms with Gasteiger partial charge in [-0.3, -0.25) is 14.5 Å². The van der Waals surface area contributed by atoms with Gasteiger partial charge < -0.3 is 10.6 Å². The van der Waals surface area contributed by atoms with Gasteiger partial charge in [0.25, 0.3) is 0 Å². The van der Waals surface area contributed by atoms with E-state index in [1.807, 2.05) is 6.07 Å². The quantitative estimate of drug-likeness (QED) is 0.692. The fourth-order valence-electron chi connectivity index (χ4n) is 6.03. The Morgan fingerprint density at radius 2 is 1.93 bits per heavy atom. The molecule has 5 rings (SSSR count). The predicted octanol–water partition coefficient (Wildman–Crippen LogP) is 2.85. The van der Waals surface area contributed by atoms with Crippen LogP contribution < -0.4 is 10.6 Å². The van der Waals surface area contributed by atoms with Crippen LogP contribution in [0.2, 0.25) is 0 Å². The number of rotatable bonds is 8. The van der Waals surface area contributed by atoms with Crippen LogP contribution in [0, 0.1) is 29.6 Å². The highest BCUT2D eigenvalue weighted by Crippen LogP contribution is 2.53. The Bertz CT molecular complexity index is 778. The number of hydrogen-bond donors (Lipinski definition) is 2. The molecule has 5 nitrogen and oxygen atoms in total. The minimum Gasteiger partial charge on any atom is -0.354 e. The minimum atomic E-state index is -0.781. The van der Waals surface area contributed by atoms with Gasteiger partial charge in [-0.25, -0.2) is 0 Å². The Hall–Kier alpha value is -1.88. The maximum Gasteiger partial charge on any atom is 0.247 e. The average Bonchev–Trinajstić information content (AvgIpc) is 2.94. The molecule has 3 aliphatic heterocycles. The smallest absolute Gasteiger partial charge is 0.247 e. The summed E-state index contributed by atoms with van der Waals surface area (Å²) in [4.78, 5) is 29.2. The summed E-state index contributed by atoms with van der Waals surface area (Å²) in [5.74, 6) is 1.50. The molecule has 4 bridgehead atoms. The summed E-state index contributed by atoms with van der Waals surface area (Å²) < 4.78 is 0. The monoisotopic (exact) mass is 411 g/mol. The fourth-order valence-corrected chi connectivity index (χ4v) is 6.03. The van der Waals surface area contributed by atoms with Gasteiger partial charge in [-0.05, 0) is 49.1 Å². The number of likely N-dealkylation sites (tertiary alicyclic amines) is 1. The molecule has 2 N–H and O–H groups in total. The van der Waals surface area contributed by atoms with Gasteiger partial charge in [-0.15, -0.1) is 0 Å². The number of nitrogens with one attached hydrogen (secondary N) is 2. The van der Waals surface area contributed by atoms with Gasteiger partial charge in [0.2, 0.25) is 11.8 Å². The maximum atomic E-state index is 13.6. The number of carbonyl (C=O) groups is 2. The van der Waals surface area contributed by atoms with E-state index < -0.39 is 5.54 Å². The Labute approximate surface area is 181 Å². The molecule has 5 atom stereocenters. The summed E-state index contributed by atoms with van der Waals surface area (Å²) in [6.45, 7) is 11.3. The Morgan fingerprint density at radius 1 is 1.20 bits per heavy atom. The second-order valence-electron chi connectivity index (χ2n) is 10.5. The van der Waals surface area contributed by atoms with Crippen molar-refractivity contribution in [2.24, 2.45) is 29.6 Å². The molecule has 2 amide bonds. The molecule has 30 heavy (non-hydrogen) atoms. The molecule has 0 radical (unpaired) electrons. The molecule has 4 fully saturated rings. The summed E-state index contributed by atoms with van der Waals surface area (Å²) in [6.07, 6.45) is 2.80. The largest absolute Gasteiger partial charge is 0.354 e. The molecular weight excluding hydrogens is 374 g/mol. The van der Waals surface area contributed by atoms with Crippen molar-refractivity contribution in [3.05, 3.63) is 35.9 Å². The van der Waals surface area contributed by atoms with Gasteiger partial charge in [0.15, 0.2) is 0 Å². The molecule has 5 heteroatoms. The van der Waals surface area contributed by atoms with Crippen LogP contribution in [0.5, 0.6) is 0 Å². The highest BCUT2D eigenvalue weighted by molar-refractivity contribution is 5.97. The average molecular weight is 412 g/mol. The zero-order valence-electron chi connectivity index (χ0n) is 18.9. The molecule has 1 aromatic carbocycles. The summed E-state index contributed by atoms with van der Waals surface area (Å²) in [5.41, 5.74) is 0.477. The lowest BCUT2D eigenvalue weighted by molar-refractivity contribution is -0.154. The lowest BCUT2D eigenvalue weighted by atomic mass is 9.58. The van der Waals surface area contributed by atoms with Crippen LogP contribution in [0.15, 0.2) is 30.3 Å². The van der Waals surface area contributed by atoms with Crippen LogP contribution >= 0.6 is 0 Å². The first-order valence-corrected chi connectivity index (χ1v) is 11.7. The Kier molecular flexibility index (Phi) is 5.93. The third-order valence-corrected chi connectivity index (χ3v) is 7.44. The van der Waals surface area contributed by atoms with Gasteiger partial charge >= 0.3 is 0 Å². The van der Waals surface area contributed by atoms with Gasteiger partial charge in [0, 0.05) is 31.0 Å². The number of carbonyl (C=O) groups excluding carboxylic acids is 2. The lowest BCUT2D eigenvalue weighted by Crippen LogP contribution is -2.78. The van der Waals surface area contributed by atoms with Crippen molar-refractivity contribution in [1.82, 2.24) is 15.5 Å². The van der Waals surface area contributed by atoms with Crippen LogP contribution in [-0.2, 0) is 16.0 Å². The van der Waals surface area contributed by atoms with E-state index in [2.05, 4.69) is 67.5 Å². The predicted molar refractivity (Wildman–Crippen MR) is 119 cm³/mol. The molecule has 5 unspecified atom stereocenters. The molecule has 164 valence electrons. The number of amides is 2. The van der Waals surface area contributed by atoms with Gasteiger partial charge in [0.1, 0.15) is 5.54 Å². The van der Waals surface area contributed by atoms with Gasteiger partial charge in [0.05, 0.1) is 0 Å². The fraction of sp³-hybridized carbons (Fsp3) is 0.680. The molecule has 4 aliphatic rings. The Morgan fingerprint density at radius 3 is 2.60 bits per heavy atom. The number of benzene rings is 1. The number of hydrogen-bond acceptors (Lipinski definition) is 3. The standard InChI is InChI=1S/C25H37N3O2/c1-16(2)10-11-28-15-19-13-21-20(12-18-8-6-5-7-9-18)22(28)25(19,27-23(21)29)24(30)26-14-17(3)4/h5-9,16-17,19-22H,10-15H2,1-4H3,(H,26,30)(H,27,29). The van der Waals surface area contributed by atoms with Crippen molar-refractivity contribution in [1.29, 1.82) is 0 Å². The summed E-state index contributed by atoms with van der Waals surface area (Å²) in [6, 6.07) is 10.5. The van der Waals surface area contributed by atoms with Gasteiger partial charge in [-0.1, -0.05) is 58.0 Å². The highest BCUT2D eigenvalue weighted by atomic mass is 16.2. The van der Waals surface area contributed by atoms with Crippen LogP contribution in [0.3, 0.4) is 0 Å². The molecule has 3 saturated heterocycles. The third kappa shape index (κ3) is 3.66. The normalized spacial score (nSPS) is 32.7. The minimum absolute atomic E-state index is 0.00373. The third-order valence-electron chi connectivity index (χ3n) is 7.44. The number of nitrogens with zero attached hydrogens (tertiary/aromatic N) is 1. The molecule has 0 aromatic heterocycles. The molecule has 3 heterocycles. The van der Waals surface area contributed by atoms with Crippen molar-refractivity contribution in [2.45, 2.75) is 58.5 Å². The van der Waals surface area contributed by atoms with Crippen molar-refractivity contribution in [2.75, 3.05) is 19.6 Å². The summed E-state index contributed by atoms with van der Waals surface area (Å²) in [7, 11) is 0. The summed E-state index contributed by atoms with van der Waals surface area (Å²) in [5, 5.41) is 6.43. The van der Waals surface area contributed by atoms with E-state index in [4.69, 9.17) is 0 Å². The summed E-state index contributed by atoms with van der Waals surface area (Å²) >= 11 is 0. The number of piperidine rings is 2.